The van der Waals surface area contributed by atoms with Gasteiger partial charge < -0.3 is 5.32 Å². The number of sulfonamides is 1. The third-order valence-corrected chi connectivity index (χ3v) is 6.36. The van der Waals surface area contributed by atoms with Gasteiger partial charge in [0.1, 0.15) is 0 Å². The highest BCUT2D eigenvalue weighted by atomic mass is 32.2. The number of benzene rings is 1. The van der Waals surface area contributed by atoms with Crippen molar-refractivity contribution in [2.45, 2.75) is 43.9 Å². The summed E-state index contributed by atoms with van der Waals surface area (Å²) in [6.07, 6.45) is -4.51. The summed E-state index contributed by atoms with van der Waals surface area (Å²) in [7, 11) is -3.87. The van der Waals surface area contributed by atoms with E-state index in [-0.39, 0.29) is 36.0 Å². The lowest BCUT2D eigenvalue weighted by Crippen LogP contribution is -2.55. The van der Waals surface area contributed by atoms with Crippen LogP contribution in [0.5, 0.6) is 0 Å². The molecule has 152 valence electrons. The SMILES string of the molecule is CC(C)NC(=O)C(C)N1CCN(S(=O)(=O)c2ccc(C(F)(F)F)cc2)CC1. The zero-order valence-electron chi connectivity index (χ0n) is 15.5. The first kappa shape index (κ1) is 21.6. The molecule has 0 radical (unpaired) electrons. The van der Waals surface area contributed by atoms with E-state index in [1.165, 1.54) is 4.31 Å². The van der Waals surface area contributed by atoms with Crippen molar-refractivity contribution >= 4 is 15.9 Å². The summed E-state index contributed by atoms with van der Waals surface area (Å²) in [5, 5.41) is 2.82. The number of carbonyl (C=O) groups excluding carboxylic acids is 1. The molecule has 1 aliphatic heterocycles. The normalized spacial score (nSPS) is 18.5. The van der Waals surface area contributed by atoms with Crippen LogP contribution in [0.4, 0.5) is 13.2 Å². The molecule has 1 atom stereocenters. The molecule has 1 amide bonds. The first-order valence-corrected chi connectivity index (χ1v) is 10.1. The summed E-state index contributed by atoms with van der Waals surface area (Å²) in [6, 6.07) is 3.11. The first-order valence-electron chi connectivity index (χ1n) is 8.64. The molecule has 0 aromatic heterocycles. The Kier molecular flexibility index (Phi) is 6.54. The van der Waals surface area contributed by atoms with Crippen molar-refractivity contribution in [1.29, 1.82) is 0 Å². The molecule has 1 aromatic carbocycles. The Labute approximate surface area is 157 Å². The van der Waals surface area contributed by atoms with Crippen LogP contribution in [0.15, 0.2) is 29.2 Å². The zero-order valence-corrected chi connectivity index (χ0v) is 16.3. The van der Waals surface area contributed by atoms with Gasteiger partial charge in [0.25, 0.3) is 0 Å². The third kappa shape index (κ3) is 5.20. The Morgan fingerprint density at radius 1 is 1.04 bits per heavy atom. The zero-order chi connectivity index (χ0) is 20.4. The van der Waals surface area contributed by atoms with Crippen molar-refractivity contribution in [2.75, 3.05) is 26.2 Å². The van der Waals surface area contributed by atoms with Crippen molar-refractivity contribution < 1.29 is 26.4 Å². The molecule has 0 aliphatic carbocycles. The average molecular weight is 407 g/mol. The number of piperazine rings is 1. The molecule has 1 aliphatic rings. The number of alkyl halides is 3. The Hall–Kier alpha value is -1.65. The molecule has 1 N–H and O–H groups in total. The van der Waals surface area contributed by atoms with Crippen molar-refractivity contribution in [3.05, 3.63) is 29.8 Å². The monoisotopic (exact) mass is 407 g/mol. The number of carbonyl (C=O) groups is 1. The van der Waals surface area contributed by atoms with Gasteiger partial charge in [-0.2, -0.15) is 17.5 Å². The topological polar surface area (TPSA) is 69.7 Å². The van der Waals surface area contributed by atoms with Gasteiger partial charge in [-0.05, 0) is 45.0 Å². The van der Waals surface area contributed by atoms with E-state index in [1.54, 1.807) is 6.92 Å². The Bertz CT molecular complexity index is 756. The molecule has 1 unspecified atom stereocenters. The summed E-state index contributed by atoms with van der Waals surface area (Å²) < 4.78 is 64.4. The second-order valence-electron chi connectivity index (χ2n) is 6.80. The van der Waals surface area contributed by atoms with Crippen molar-refractivity contribution in [3.8, 4) is 0 Å². The van der Waals surface area contributed by atoms with Gasteiger partial charge in [-0.3, -0.25) is 9.69 Å². The molecule has 10 heteroatoms. The highest BCUT2D eigenvalue weighted by molar-refractivity contribution is 7.89. The predicted octanol–water partition coefficient (Wildman–Crippen LogP) is 1.92. The third-order valence-electron chi connectivity index (χ3n) is 4.45. The van der Waals surface area contributed by atoms with E-state index >= 15 is 0 Å². The van der Waals surface area contributed by atoms with E-state index in [0.29, 0.717) is 13.1 Å². The first-order chi connectivity index (χ1) is 12.4. The van der Waals surface area contributed by atoms with Gasteiger partial charge >= 0.3 is 6.18 Å². The number of halogens is 3. The summed E-state index contributed by atoms with van der Waals surface area (Å²) in [5.74, 6) is -0.121. The predicted molar refractivity (Wildman–Crippen MR) is 94.5 cm³/mol. The number of nitrogens with one attached hydrogen (secondary N) is 1. The molecular formula is C17H24F3N3O3S. The maximum Gasteiger partial charge on any atom is 0.416 e. The Balaban J connectivity index is 2.03. The molecule has 1 fully saturated rings. The molecule has 1 aromatic rings. The molecule has 0 spiro atoms. The molecule has 0 bridgehead atoms. The van der Waals surface area contributed by atoms with Crippen LogP contribution in [0.25, 0.3) is 0 Å². The fourth-order valence-electron chi connectivity index (χ4n) is 2.87. The summed E-state index contributed by atoms with van der Waals surface area (Å²) in [6.45, 7) is 6.56. The minimum atomic E-state index is -4.51. The van der Waals surface area contributed by atoms with E-state index < -0.39 is 21.8 Å². The second kappa shape index (κ2) is 8.15. The van der Waals surface area contributed by atoms with Gasteiger partial charge in [-0.1, -0.05) is 0 Å². The largest absolute Gasteiger partial charge is 0.416 e. The summed E-state index contributed by atoms with van der Waals surface area (Å²) in [5.41, 5.74) is -0.892. The number of hydrogen-bond donors (Lipinski definition) is 1. The summed E-state index contributed by atoms with van der Waals surface area (Å²) >= 11 is 0. The maximum absolute atomic E-state index is 12.7. The standard InChI is InChI=1S/C17H24F3N3O3S/c1-12(2)21-16(24)13(3)22-8-10-23(11-9-22)27(25,26)15-6-4-14(5-7-15)17(18,19)20/h4-7,12-13H,8-11H2,1-3H3,(H,21,24). The van der Waals surface area contributed by atoms with Gasteiger partial charge in [0.05, 0.1) is 16.5 Å². The Morgan fingerprint density at radius 2 is 1.56 bits per heavy atom. The summed E-state index contributed by atoms with van der Waals surface area (Å²) in [4.78, 5) is 13.8. The van der Waals surface area contributed by atoms with Crippen molar-refractivity contribution in [2.24, 2.45) is 0 Å². The molecule has 27 heavy (non-hydrogen) atoms. The average Bonchev–Trinajstić information content (AvgIpc) is 2.60. The highest BCUT2D eigenvalue weighted by Gasteiger charge is 2.34. The highest BCUT2D eigenvalue weighted by Crippen LogP contribution is 2.30. The van der Waals surface area contributed by atoms with Crippen LogP contribution in [-0.2, 0) is 21.0 Å². The fourth-order valence-corrected chi connectivity index (χ4v) is 4.29. The van der Waals surface area contributed by atoms with Crippen LogP contribution in [0.1, 0.15) is 26.3 Å². The number of hydrogen-bond acceptors (Lipinski definition) is 4. The van der Waals surface area contributed by atoms with Gasteiger partial charge in [0, 0.05) is 32.2 Å². The molecule has 2 rings (SSSR count). The van der Waals surface area contributed by atoms with E-state index in [2.05, 4.69) is 5.32 Å². The molecular weight excluding hydrogens is 383 g/mol. The molecule has 0 saturated carbocycles. The van der Waals surface area contributed by atoms with E-state index in [1.807, 2.05) is 18.7 Å². The number of amides is 1. The van der Waals surface area contributed by atoms with Crippen LogP contribution in [0.2, 0.25) is 0 Å². The van der Waals surface area contributed by atoms with Crippen LogP contribution in [-0.4, -0.2) is 61.8 Å². The van der Waals surface area contributed by atoms with Gasteiger partial charge in [0.2, 0.25) is 15.9 Å². The lowest BCUT2D eigenvalue weighted by molar-refractivity contribution is -0.137. The molecule has 6 nitrogen and oxygen atoms in total. The van der Waals surface area contributed by atoms with Crippen LogP contribution < -0.4 is 5.32 Å². The van der Waals surface area contributed by atoms with E-state index in [9.17, 15) is 26.4 Å². The van der Waals surface area contributed by atoms with Gasteiger partial charge in [-0.25, -0.2) is 8.42 Å². The van der Waals surface area contributed by atoms with Crippen LogP contribution in [0, 0.1) is 0 Å². The smallest absolute Gasteiger partial charge is 0.353 e. The lowest BCUT2D eigenvalue weighted by atomic mass is 10.2. The quantitative estimate of drug-likeness (QED) is 0.810. The molecule has 1 saturated heterocycles. The maximum atomic E-state index is 12.7. The van der Waals surface area contributed by atoms with Gasteiger partial charge in [0.15, 0.2) is 0 Å². The van der Waals surface area contributed by atoms with Crippen molar-refractivity contribution in [1.82, 2.24) is 14.5 Å². The second-order valence-corrected chi connectivity index (χ2v) is 8.74. The minimum Gasteiger partial charge on any atom is -0.353 e. The number of nitrogens with zero attached hydrogens (tertiary/aromatic N) is 2. The fraction of sp³-hybridized carbons (Fsp3) is 0.588. The van der Waals surface area contributed by atoms with Gasteiger partial charge in [-0.15, -0.1) is 0 Å². The number of rotatable bonds is 5. The van der Waals surface area contributed by atoms with E-state index in [0.717, 1.165) is 24.3 Å². The lowest BCUT2D eigenvalue weighted by Gasteiger charge is -2.37. The Morgan fingerprint density at radius 3 is 2.00 bits per heavy atom. The minimum absolute atomic E-state index is 0.0151. The van der Waals surface area contributed by atoms with Crippen LogP contribution in [0.3, 0.4) is 0 Å². The van der Waals surface area contributed by atoms with Crippen molar-refractivity contribution in [3.63, 3.8) is 0 Å². The molecule has 1 heterocycles. The van der Waals surface area contributed by atoms with Crippen LogP contribution >= 0.6 is 0 Å². The van der Waals surface area contributed by atoms with E-state index in [4.69, 9.17) is 0 Å².